The molecule has 0 amide bonds. The first-order valence-electron chi connectivity index (χ1n) is 6.01. The lowest BCUT2D eigenvalue weighted by molar-refractivity contribution is 0.307. The molecule has 1 saturated heterocycles. The molecule has 0 saturated carbocycles. The number of aromatic nitrogens is 1. The summed E-state index contributed by atoms with van der Waals surface area (Å²) in [5, 5.41) is 1.18. The Balaban J connectivity index is 2.11. The smallest absolute Gasteiger partial charge is 0.185 e. The van der Waals surface area contributed by atoms with Crippen LogP contribution >= 0.6 is 11.3 Å². The van der Waals surface area contributed by atoms with Crippen molar-refractivity contribution in [1.82, 2.24) is 4.98 Å². The van der Waals surface area contributed by atoms with Gasteiger partial charge in [0.25, 0.3) is 0 Å². The number of hydrogen-bond donors (Lipinski definition) is 1. The van der Waals surface area contributed by atoms with Crippen molar-refractivity contribution in [2.75, 3.05) is 24.5 Å². The van der Waals surface area contributed by atoms with E-state index in [9.17, 15) is 0 Å². The predicted octanol–water partition coefficient (Wildman–Crippen LogP) is 2.18. The van der Waals surface area contributed by atoms with Gasteiger partial charge in [-0.1, -0.05) is 6.92 Å². The van der Waals surface area contributed by atoms with Crippen LogP contribution in [0.1, 0.15) is 23.9 Å². The molecule has 2 atom stereocenters. The third-order valence-corrected chi connectivity index (χ3v) is 4.84. The van der Waals surface area contributed by atoms with E-state index in [4.69, 9.17) is 5.73 Å². The fourth-order valence-electron chi connectivity index (χ4n) is 2.22. The fourth-order valence-corrected chi connectivity index (χ4v) is 3.17. The number of rotatable bonds is 2. The quantitative estimate of drug-likeness (QED) is 0.860. The zero-order valence-electron chi connectivity index (χ0n) is 10.4. The Kier molecular flexibility index (Phi) is 3.50. The SMILES string of the molecule is Cc1nc(N2CCC(C)C(CN)C2)sc1C. The maximum atomic E-state index is 5.83. The topological polar surface area (TPSA) is 42.2 Å². The first-order valence-corrected chi connectivity index (χ1v) is 6.82. The van der Waals surface area contributed by atoms with Gasteiger partial charge in [0, 0.05) is 18.0 Å². The van der Waals surface area contributed by atoms with Gasteiger partial charge in [0.2, 0.25) is 0 Å². The Morgan fingerprint density at radius 3 is 2.81 bits per heavy atom. The number of aryl methyl sites for hydroxylation is 2. The first kappa shape index (κ1) is 11.9. The van der Waals surface area contributed by atoms with Crippen LogP contribution in [0.25, 0.3) is 0 Å². The summed E-state index contributed by atoms with van der Waals surface area (Å²) in [6, 6.07) is 0. The van der Waals surface area contributed by atoms with Crippen LogP contribution in [0, 0.1) is 25.7 Å². The van der Waals surface area contributed by atoms with Crippen molar-refractivity contribution in [3.05, 3.63) is 10.6 Å². The van der Waals surface area contributed by atoms with E-state index < -0.39 is 0 Å². The van der Waals surface area contributed by atoms with Crippen LogP contribution in [-0.4, -0.2) is 24.6 Å². The maximum Gasteiger partial charge on any atom is 0.185 e. The van der Waals surface area contributed by atoms with Crippen molar-refractivity contribution >= 4 is 16.5 Å². The van der Waals surface area contributed by atoms with Gasteiger partial charge in [0.15, 0.2) is 5.13 Å². The number of piperidine rings is 1. The summed E-state index contributed by atoms with van der Waals surface area (Å²) in [4.78, 5) is 8.37. The van der Waals surface area contributed by atoms with Crippen molar-refractivity contribution in [2.45, 2.75) is 27.2 Å². The van der Waals surface area contributed by atoms with E-state index in [1.54, 1.807) is 0 Å². The monoisotopic (exact) mass is 239 g/mol. The van der Waals surface area contributed by atoms with Crippen LogP contribution in [0.15, 0.2) is 0 Å². The van der Waals surface area contributed by atoms with E-state index in [1.807, 2.05) is 11.3 Å². The number of anilines is 1. The molecule has 90 valence electrons. The van der Waals surface area contributed by atoms with Gasteiger partial charge >= 0.3 is 0 Å². The highest BCUT2D eigenvalue weighted by atomic mass is 32.1. The van der Waals surface area contributed by atoms with Gasteiger partial charge in [-0.3, -0.25) is 0 Å². The molecule has 16 heavy (non-hydrogen) atoms. The fraction of sp³-hybridized carbons (Fsp3) is 0.750. The lowest BCUT2D eigenvalue weighted by atomic mass is 9.87. The number of nitrogens with zero attached hydrogens (tertiary/aromatic N) is 2. The Hall–Kier alpha value is -0.610. The second-order valence-electron chi connectivity index (χ2n) is 4.85. The summed E-state index contributed by atoms with van der Waals surface area (Å²) in [7, 11) is 0. The molecule has 1 aromatic rings. The molecule has 1 aliphatic rings. The van der Waals surface area contributed by atoms with Crippen molar-refractivity contribution in [3.63, 3.8) is 0 Å². The van der Waals surface area contributed by atoms with Gasteiger partial charge < -0.3 is 10.6 Å². The van der Waals surface area contributed by atoms with E-state index in [1.165, 1.54) is 22.1 Å². The van der Waals surface area contributed by atoms with Crippen LogP contribution in [-0.2, 0) is 0 Å². The molecule has 0 bridgehead atoms. The molecule has 3 nitrogen and oxygen atoms in total. The minimum absolute atomic E-state index is 0.623. The lowest BCUT2D eigenvalue weighted by Gasteiger charge is -2.36. The lowest BCUT2D eigenvalue weighted by Crippen LogP contribution is -2.42. The molecule has 1 aromatic heterocycles. The van der Waals surface area contributed by atoms with Crippen molar-refractivity contribution in [3.8, 4) is 0 Å². The Morgan fingerprint density at radius 2 is 2.25 bits per heavy atom. The molecule has 4 heteroatoms. The third-order valence-electron chi connectivity index (χ3n) is 3.70. The number of nitrogens with two attached hydrogens (primary N) is 1. The van der Waals surface area contributed by atoms with Gasteiger partial charge in [-0.25, -0.2) is 4.98 Å². The van der Waals surface area contributed by atoms with E-state index >= 15 is 0 Å². The summed E-state index contributed by atoms with van der Waals surface area (Å²) >= 11 is 1.81. The Labute approximate surface area is 102 Å². The zero-order chi connectivity index (χ0) is 11.7. The first-order chi connectivity index (χ1) is 7.61. The molecule has 2 unspecified atom stereocenters. The molecule has 1 aliphatic heterocycles. The molecule has 0 radical (unpaired) electrons. The summed E-state index contributed by atoms with van der Waals surface area (Å²) < 4.78 is 0. The van der Waals surface area contributed by atoms with Gasteiger partial charge in [-0.05, 0) is 38.6 Å². The predicted molar refractivity (Wildman–Crippen MR) is 70.1 cm³/mol. The average molecular weight is 239 g/mol. The van der Waals surface area contributed by atoms with Crippen LogP contribution in [0.2, 0.25) is 0 Å². The van der Waals surface area contributed by atoms with E-state index in [-0.39, 0.29) is 0 Å². The molecular weight excluding hydrogens is 218 g/mol. The highest BCUT2D eigenvalue weighted by molar-refractivity contribution is 7.15. The van der Waals surface area contributed by atoms with E-state index in [0.29, 0.717) is 5.92 Å². The molecule has 0 aliphatic carbocycles. The van der Waals surface area contributed by atoms with Crippen LogP contribution in [0.3, 0.4) is 0 Å². The van der Waals surface area contributed by atoms with Crippen LogP contribution in [0.4, 0.5) is 5.13 Å². The summed E-state index contributed by atoms with van der Waals surface area (Å²) in [6.45, 7) is 9.54. The van der Waals surface area contributed by atoms with Crippen molar-refractivity contribution in [2.24, 2.45) is 17.6 Å². The summed E-state index contributed by atoms with van der Waals surface area (Å²) in [5.74, 6) is 1.38. The zero-order valence-corrected chi connectivity index (χ0v) is 11.2. The third kappa shape index (κ3) is 2.23. The van der Waals surface area contributed by atoms with Gasteiger partial charge in [-0.2, -0.15) is 0 Å². The normalized spacial score (nSPS) is 26.1. The minimum Gasteiger partial charge on any atom is -0.348 e. The molecule has 0 spiro atoms. The van der Waals surface area contributed by atoms with Crippen LogP contribution in [0.5, 0.6) is 0 Å². The molecule has 1 fully saturated rings. The summed E-state index contributed by atoms with van der Waals surface area (Å²) in [5.41, 5.74) is 6.99. The molecule has 2 N–H and O–H groups in total. The molecule has 2 heterocycles. The van der Waals surface area contributed by atoms with Gasteiger partial charge in [-0.15, -0.1) is 11.3 Å². The molecular formula is C12H21N3S. The van der Waals surface area contributed by atoms with Crippen molar-refractivity contribution in [1.29, 1.82) is 0 Å². The molecule has 0 aromatic carbocycles. The largest absolute Gasteiger partial charge is 0.348 e. The van der Waals surface area contributed by atoms with Gasteiger partial charge in [0.05, 0.1) is 5.69 Å². The number of hydrogen-bond acceptors (Lipinski definition) is 4. The van der Waals surface area contributed by atoms with Gasteiger partial charge in [0.1, 0.15) is 0 Å². The van der Waals surface area contributed by atoms with Crippen LogP contribution < -0.4 is 10.6 Å². The summed E-state index contributed by atoms with van der Waals surface area (Å²) in [6.07, 6.45) is 1.24. The minimum atomic E-state index is 0.623. The second kappa shape index (κ2) is 4.72. The highest BCUT2D eigenvalue weighted by Gasteiger charge is 2.26. The average Bonchev–Trinajstić information content (AvgIpc) is 2.60. The van der Waals surface area contributed by atoms with Crippen molar-refractivity contribution < 1.29 is 0 Å². The maximum absolute atomic E-state index is 5.83. The number of thiazole rings is 1. The standard InChI is InChI=1S/C12H21N3S/c1-8-4-5-15(7-11(8)6-13)12-14-9(2)10(3)16-12/h8,11H,4-7,13H2,1-3H3. The van der Waals surface area contributed by atoms with E-state index in [2.05, 4.69) is 30.7 Å². The Morgan fingerprint density at radius 1 is 1.50 bits per heavy atom. The molecule has 2 rings (SSSR count). The van der Waals surface area contributed by atoms with E-state index in [0.717, 1.165) is 25.6 Å². The Bertz CT molecular complexity index is 342. The highest BCUT2D eigenvalue weighted by Crippen LogP contribution is 2.30. The second-order valence-corrected chi connectivity index (χ2v) is 6.03.